The minimum Gasteiger partial charge on any atom is -0.332 e. The second-order valence-corrected chi connectivity index (χ2v) is 3.90. The van der Waals surface area contributed by atoms with E-state index in [1.807, 2.05) is 11.8 Å². The Morgan fingerprint density at radius 1 is 1.73 bits per heavy atom. The average Bonchev–Trinajstić information content (AvgIpc) is 2.70. The zero-order chi connectivity index (χ0) is 9.97. The van der Waals surface area contributed by atoms with Gasteiger partial charge in [0.15, 0.2) is 5.69 Å². The highest BCUT2D eigenvalue weighted by Crippen LogP contribution is 2.08. The van der Waals surface area contributed by atoms with E-state index in [1.165, 1.54) is 6.20 Å². The fourth-order valence-electron chi connectivity index (χ4n) is 1.55. The Labute approximate surface area is 98.6 Å². The van der Waals surface area contributed by atoms with Gasteiger partial charge in [0.25, 0.3) is 5.91 Å². The number of amides is 1. The molecule has 0 aliphatic carbocycles. The van der Waals surface area contributed by atoms with Gasteiger partial charge in [0.1, 0.15) is 0 Å². The first kappa shape index (κ1) is 12.4. The van der Waals surface area contributed by atoms with Crippen LogP contribution in [0.15, 0.2) is 6.20 Å². The third kappa shape index (κ3) is 2.64. The highest BCUT2D eigenvalue weighted by molar-refractivity contribution is 6.99. The van der Waals surface area contributed by atoms with Crippen LogP contribution in [-0.4, -0.2) is 45.2 Å². The van der Waals surface area contributed by atoms with Gasteiger partial charge in [-0.25, -0.2) is 0 Å². The molecule has 2 heterocycles. The predicted octanol–water partition coefficient (Wildman–Crippen LogP) is 0.394. The lowest BCUT2D eigenvalue weighted by atomic mass is 10.2. The number of halogens is 1. The van der Waals surface area contributed by atoms with Gasteiger partial charge in [-0.3, -0.25) is 4.79 Å². The number of rotatable bonds is 1. The van der Waals surface area contributed by atoms with Crippen molar-refractivity contribution in [1.29, 1.82) is 0 Å². The molecule has 7 heteroatoms. The number of nitrogens with zero attached hydrogens (tertiary/aromatic N) is 3. The largest absolute Gasteiger partial charge is 0.332 e. The number of piperazine rings is 1. The monoisotopic (exact) mass is 248 g/mol. The van der Waals surface area contributed by atoms with Gasteiger partial charge in [-0.05, 0) is 6.92 Å². The standard InChI is InChI=1S/C8H12N4OS.ClH/c1-6-4-9-2-3-12(6)8(13)7-5-10-14-11-7;/h5-6,9H,2-4H2,1H3;1H. The highest BCUT2D eigenvalue weighted by Gasteiger charge is 2.25. The summed E-state index contributed by atoms with van der Waals surface area (Å²) in [6.07, 6.45) is 1.53. The first-order chi connectivity index (χ1) is 6.79. The SMILES string of the molecule is CC1CNCCN1C(=O)c1cnsn1.Cl. The minimum atomic E-state index is -0.00671. The lowest BCUT2D eigenvalue weighted by Gasteiger charge is -2.33. The Kier molecular flexibility index (Phi) is 4.44. The van der Waals surface area contributed by atoms with Crippen LogP contribution < -0.4 is 5.32 Å². The lowest BCUT2D eigenvalue weighted by molar-refractivity contribution is 0.0651. The van der Waals surface area contributed by atoms with E-state index in [1.54, 1.807) is 0 Å². The van der Waals surface area contributed by atoms with E-state index in [9.17, 15) is 4.79 Å². The van der Waals surface area contributed by atoms with Crippen molar-refractivity contribution in [1.82, 2.24) is 19.0 Å². The van der Waals surface area contributed by atoms with E-state index in [2.05, 4.69) is 14.1 Å². The van der Waals surface area contributed by atoms with Crippen molar-refractivity contribution in [3.8, 4) is 0 Å². The summed E-state index contributed by atoms with van der Waals surface area (Å²) in [5.74, 6) is -0.00671. The molecule has 1 aliphatic rings. The van der Waals surface area contributed by atoms with Gasteiger partial charge in [0, 0.05) is 25.7 Å². The van der Waals surface area contributed by atoms with Crippen LogP contribution in [0.5, 0.6) is 0 Å². The molecular formula is C8H13ClN4OS. The summed E-state index contributed by atoms with van der Waals surface area (Å²) in [4.78, 5) is 13.7. The number of nitrogens with one attached hydrogen (secondary N) is 1. The molecule has 0 spiro atoms. The van der Waals surface area contributed by atoms with Crippen molar-refractivity contribution in [2.24, 2.45) is 0 Å². The Morgan fingerprint density at radius 2 is 2.53 bits per heavy atom. The lowest BCUT2D eigenvalue weighted by Crippen LogP contribution is -2.52. The minimum absolute atomic E-state index is 0. The van der Waals surface area contributed by atoms with E-state index in [-0.39, 0.29) is 24.4 Å². The second-order valence-electron chi connectivity index (χ2n) is 3.34. The molecule has 1 fully saturated rings. The molecule has 0 saturated carbocycles. The average molecular weight is 249 g/mol. The zero-order valence-electron chi connectivity index (χ0n) is 8.34. The van der Waals surface area contributed by atoms with Gasteiger partial charge in [-0.1, -0.05) is 0 Å². The third-order valence-corrected chi connectivity index (χ3v) is 2.82. The van der Waals surface area contributed by atoms with Crippen LogP contribution in [0.4, 0.5) is 0 Å². The summed E-state index contributed by atoms with van der Waals surface area (Å²) in [7, 11) is 0. The molecule has 2 rings (SSSR count). The van der Waals surface area contributed by atoms with Crippen LogP contribution in [0.2, 0.25) is 0 Å². The molecule has 0 radical (unpaired) electrons. The fraction of sp³-hybridized carbons (Fsp3) is 0.625. The summed E-state index contributed by atoms with van der Waals surface area (Å²) >= 11 is 1.07. The summed E-state index contributed by atoms with van der Waals surface area (Å²) in [6, 6.07) is 0.234. The topological polar surface area (TPSA) is 58.1 Å². The number of aromatic nitrogens is 2. The molecule has 0 aromatic carbocycles. The Hall–Kier alpha value is -0.720. The number of carbonyl (C=O) groups is 1. The number of carbonyl (C=O) groups excluding carboxylic acids is 1. The Bertz CT molecular complexity index is 318. The summed E-state index contributed by atoms with van der Waals surface area (Å²) in [5.41, 5.74) is 0.462. The maximum absolute atomic E-state index is 11.9. The van der Waals surface area contributed by atoms with Crippen molar-refractivity contribution in [2.75, 3.05) is 19.6 Å². The molecule has 0 bridgehead atoms. The molecule has 15 heavy (non-hydrogen) atoms. The molecule has 5 nitrogen and oxygen atoms in total. The smallest absolute Gasteiger partial charge is 0.275 e. The van der Waals surface area contributed by atoms with E-state index in [0.717, 1.165) is 31.4 Å². The summed E-state index contributed by atoms with van der Waals surface area (Å²) in [6.45, 7) is 4.48. The van der Waals surface area contributed by atoms with E-state index < -0.39 is 0 Å². The molecule has 1 atom stereocenters. The summed E-state index contributed by atoms with van der Waals surface area (Å²) in [5, 5.41) is 3.24. The van der Waals surface area contributed by atoms with Crippen molar-refractivity contribution in [3.63, 3.8) is 0 Å². The first-order valence-electron chi connectivity index (χ1n) is 4.58. The molecule has 1 aliphatic heterocycles. The van der Waals surface area contributed by atoms with Gasteiger partial charge < -0.3 is 10.2 Å². The molecular weight excluding hydrogens is 236 g/mol. The highest BCUT2D eigenvalue weighted by atomic mass is 35.5. The van der Waals surface area contributed by atoms with Crippen molar-refractivity contribution < 1.29 is 4.79 Å². The van der Waals surface area contributed by atoms with Crippen LogP contribution in [0.1, 0.15) is 17.4 Å². The molecule has 1 unspecified atom stereocenters. The van der Waals surface area contributed by atoms with Gasteiger partial charge >= 0.3 is 0 Å². The molecule has 1 aromatic heterocycles. The normalized spacial score (nSPS) is 20.9. The van der Waals surface area contributed by atoms with Crippen LogP contribution in [0.25, 0.3) is 0 Å². The zero-order valence-corrected chi connectivity index (χ0v) is 9.98. The van der Waals surface area contributed by atoms with Gasteiger partial charge in [-0.2, -0.15) is 8.75 Å². The third-order valence-electron chi connectivity index (χ3n) is 2.34. The van der Waals surface area contributed by atoms with Crippen LogP contribution in [0.3, 0.4) is 0 Å². The molecule has 1 N–H and O–H groups in total. The van der Waals surface area contributed by atoms with Gasteiger partial charge in [0.05, 0.1) is 17.9 Å². The van der Waals surface area contributed by atoms with Crippen LogP contribution >= 0.6 is 24.1 Å². The van der Waals surface area contributed by atoms with E-state index >= 15 is 0 Å². The van der Waals surface area contributed by atoms with Gasteiger partial charge in [-0.15, -0.1) is 12.4 Å². The molecule has 84 valence electrons. The quantitative estimate of drug-likeness (QED) is 0.782. The maximum atomic E-state index is 11.9. The van der Waals surface area contributed by atoms with E-state index in [4.69, 9.17) is 0 Å². The first-order valence-corrected chi connectivity index (χ1v) is 5.31. The number of hydrogen-bond donors (Lipinski definition) is 1. The van der Waals surface area contributed by atoms with Gasteiger partial charge in [0.2, 0.25) is 0 Å². The van der Waals surface area contributed by atoms with Crippen molar-refractivity contribution in [2.45, 2.75) is 13.0 Å². The van der Waals surface area contributed by atoms with Crippen molar-refractivity contribution in [3.05, 3.63) is 11.9 Å². The Balaban J connectivity index is 0.00000112. The van der Waals surface area contributed by atoms with Crippen LogP contribution in [0, 0.1) is 0 Å². The molecule has 1 saturated heterocycles. The predicted molar refractivity (Wildman–Crippen MR) is 60.5 cm³/mol. The van der Waals surface area contributed by atoms with Crippen molar-refractivity contribution >= 4 is 30.0 Å². The number of hydrogen-bond acceptors (Lipinski definition) is 5. The molecule has 1 aromatic rings. The molecule has 1 amide bonds. The van der Waals surface area contributed by atoms with Crippen LogP contribution in [-0.2, 0) is 0 Å². The summed E-state index contributed by atoms with van der Waals surface area (Å²) < 4.78 is 7.78. The maximum Gasteiger partial charge on any atom is 0.275 e. The van der Waals surface area contributed by atoms with E-state index in [0.29, 0.717) is 5.69 Å². The fourth-order valence-corrected chi connectivity index (χ4v) is 1.96. The second kappa shape index (κ2) is 5.39. The Morgan fingerprint density at radius 3 is 3.13 bits per heavy atom.